The molecule has 0 unspecified atom stereocenters. The second-order valence-corrected chi connectivity index (χ2v) is 5.58. The molecule has 0 fully saturated rings. The van der Waals surface area contributed by atoms with Gasteiger partial charge in [-0.25, -0.2) is 0 Å². The molecule has 0 spiro atoms. The number of guanidine groups is 1. The van der Waals surface area contributed by atoms with Crippen LogP contribution >= 0.6 is 24.0 Å². The molecule has 1 amide bonds. The first-order valence-corrected chi connectivity index (χ1v) is 7.87. The second-order valence-electron chi connectivity index (χ2n) is 5.58. The Kier molecular flexibility index (Phi) is 9.04. The number of hydrogen-bond donors (Lipinski definition) is 2. The van der Waals surface area contributed by atoms with Crippen molar-refractivity contribution in [1.82, 2.24) is 15.5 Å². The molecule has 0 atom stereocenters. The first kappa shape index (κ1) is 21.0. The fourth-order valence-electron chi connectivity index (χ4n) is 2.25. The lowest BCUT2D eigenvalue weighted by Crippen LogP contribution is -2.37. The van der Waals surface area contributed by atoms with Gasteiger partial charge in [-0.1, -0.05) is 12.1 Å². The van der Waals surface area contributed by atoms with Gasteiger partial charge in [-0.15, -0.1) is 24.0 Å². The molecule has 1 heterocycles. The summed E-state index contributed by atoms with van der Waals surface area (Å²) in [4.78, 5) is 17.8. The van der Waals surface area contributed by atoms with Crippen LogP contribution < -0.4 is 10.6 Å². The Labute approximate surface area is 165 Å². The van der Waals surface area contributed by atoms with Crippen molar-refractivity contribution < 1.29 is 9.21 Å². The van der Waals surface area contributed by atoms with Crippen molar-refractivity contribution in [2.24, 2.45) is 4.99 Å². The van der Waals surface area contributed by atoms with E-state index in [2.05, 4.69) is 15.6 Å². The van der Waals surface area contributed by atoms with Crippen LogP contribution in [0.25, 0.3) is 0 Å². The van der Waals surface area contributed by atoms with Gasteiger partial charge in [0.1, 0.15) is 5.76 Å². The predicted octanol–water partition coefficient (Wildman–Crippen LogP) is 2.51. The summed E-state index contributed by atoms with van der Waals surface area (Å²) in [6.07, 6.45) is 2.45. The highest BCUT2D eigenvalue weighted by Gasteiger charge is 2.08. The highest BCUT2D eigenvalue weighted by molar-refractivity contribution is 14.0. The van der Waals surface area contributed by atoms with Crippen molar-refractivity contribution in [3.8, 4) is 0 Å². The number of amides is 1. The third kappa shape index (κ3) is 6.77. The van der Waals surface area contributed by atoms with Crippen LogP contribution in [0, 0.1) is 0 Å². The minimum atomic E-state index is 0. The van der Waals surface area contributed by atoms with Gasteiger partial charge >= 0.3 is 0 Å². The summed E-state index contributed by atoms with van der Waals surface area (Å²) in [6.45, 7) is 1.30. The van der Waals surface area contributed by atoms with Crippen LogP contribution in [0.4, 0.5) is 0 Å². The molecule has 0 bridgehead atoms. The largest absolute Gasteiger partial charge is 0.467 e. The molecule has 6 nitrogen and oxygen atoms in total. The normalized spacial score (nSPS) is 10.8. The Morgan fingerprint density at radius 1 is 1.20 bits per heavy atom. The molecule has 2 N–H and O–H groups in total. The highest BCUT2D eigenvalue weighted by Crippen LogP contribution is 2.07. The van der Waals surface area contributed by atoms with Gasteiger partial charge in [-0.2, -0.15) is 0 Å². The first-order chi connectivity index (χ1) is 11.6. The number of aliphatic imine (C=N–C) groups is 1. The van der Waals surface area contributed by atoms with Gasteiger partial charge in [0.15, 0.2) is 5.96 Å². The molecule has 7 heteroatoms. The molecule has 0 radical (unpaired) electrons. The monoisotopic (exact) mass is 456 g/mol. The number of carbonyl (C=O) groups excluding carboxylic acids is 1. The van der Waals surface area contributed by atoms with Crippen molar-refractivity contribution in [3.05, 3.63) is 59.5 Å². The van der Waals surface area contributed by atoms with Crippen LogP contribution in [-0.4, -0.2) is 44.5 Å². The topological polar surface area (TPSA) is 69.9 Å². The minimum Gasteiger partial charge on any atom is -0.467 e. The van der Waals surface area contributed by atoms with Crippen LogP contribution in [-0.2, 0) is 13.0 Å². The van der Waals surface area contributed by atoms with Gasteiger partial charge in [0.2, 0.25) is 0 Å². The summed E-state index contributed by atoms with van der Waals surface area (Å²) in [5, 5.41) is 6.44. The Morgan fingerprint density at radius 3 is 2.64 bits per heavy atom. The van der Waals surface area contributed by atoms with E-state index < -0.39 is 0 Å². The van der Waals surface area contributed by atoms with E-state index in [9.17, 15) is 4.79 Å². The Hall–Kier alpha value is -2.03. The van der Waals surface area contributed by atoms with Gasteiger partial charge in [0, 0.05) is 33.3 Å². The number of nitrogens with one attached hydrogen (secondary N) is 2. The van der Waals surface area contributed by atoms with Crippen LogP contribution in [0.15, 0.2) is 52.1 Å². The summed E-state index contributed by atoms with van der Waals surface area (Å²) in [5.41, 5.74) is 1.81. The predicted molar refractivity (Wildman–Crippen MR) is 110 cm³/mol. The van der Waals surface area contributed by atoms with Crippen LogP contribution in [0.3, 0.4) is 0 Å². The molecule has 136 valence electrons. The summed E-state index contributed by atoms with van der Waals surface area (Å²) >= 11 is 0. The lowest BCUT2D eigenvalue weighted by atomic mass is 10.1. The molecule has 0 saturated carbocycles. The maximum atomic E-state index is 12.0. The molecule has 1 aromatic heterocycles. The van der Waals surface area contributed by atoms with E-state index in [1.807, 2.05) is 36.4 Å². The fourth-order valence-corrected chi connectivity index (χ4v) is 2.25. The lowest BCUT2D eigenvalue weighted by molar-refractivity contribution is 0.0827. The average molecular weight is 456 g/mol. The smallest absolute Gasteiger partial charge is 0.253 e. The lowest BCUT2D eigenvalue weighted by Gasteiger charge is -2.13. The van der Waals surface area contributed by atoms with Crippen LogP contribution in [0.1, 0.15) is 21.7 Å². The molecule has 0 saturated heterocycles. The Balaban J connectivity index is 0.00000312. The molecule has 0 aliphatic carbocycles. The quantitative estimate of drug-likeness (QED) is 0.398. The van der Waals surface area contributed by atoms with E-state index in [-0.39, 0.29) is 29.9 Å². The van der Waals surface area contributed by atoms with E-state index in [0.29, 0.717) is 18.1 Å². The number of nitrogens with zero attached hydrogens (tertiary/aromatic N) is 2. The Bertz CT molecular complexity index is 684. The van der Waals surface area contributed by atoms with E-state index in [0.717, 1.165) is 24.3 Å². The molecule has 25 heavy (non-hydrogen) atoms. The Morgan fingerprint density at radius 2 is 2.00 bits per heavy atom. The summed E-state index contributed by atoms with van der Waals surface area (Å²) in [7, 11) is 5.24. The fraction of sp³-hybridized carbons (Fsp3) is 0.333. The van der Waals surface area contributed by atoms with Gasteiger partial charge in [0.25, 0.3) is 5.91 Å². The SMILES string of the molecule is CN=C(NCCc1cccc(C(=O)N(C)C)c1)NCc1ccco1.I. The molecular weight excluding hydrogens is 431 g/mol. The van der Waals surface area contributed by atoms with Crippen molar-refractivity contribution in [2.45, 2.75) is 13.0 Å². The van der Waals surface area contributed by atoms with Crippen molar-refractivity contribution in [3.63, 3.8) is 0 Å². The zero-order valence-corrected chi connectivity index (χ0v) is 17.1. The van der Waals surface area contributed by atoms with Crippen LogP contribution in [0.2, 0.25) is 0 Å². The molecule has 0 aliphatic rings. The van der Waals surface area contributed by atoms with Crippen molar-refractivity contribution in [2.75, 3.05) is 27.7 Å². The van der Waals surface area contributed by atoms with Crippen molar-refractivity contribution in [1.29, 1.82) is 0 Å². The third-order valence-electron chi connectivity index (χ3n) is 3.52. The standard InChI is InChI=1S/C18H24N4O2.HI/c1-19-18(21-13-16-8-5-11-24-16)20-10-9-14-6-4-7-15(12-14)17(23)22(2)3;/h4-8,11-12H,9-10,13H2,1-3H3,(H2,19,20,21);1H. The van der Waals surface area contributed by atoms with Gasteiger partial charge in [0.05, 0.1) is 12.8 Å². The molecule has 2 rings (SSSR count). The number of hydrogen-bond acceptors (Lipinski definition) is 3. The van der Waals surface area contributed by atoms with Gasteiger partial charge < -0.3 is 20.0 Å². The highest BCUT2D eigenvalue weighted by atomic mass is 127. The zero-order chi connectivity index (χ0) is 17.4. The number of carbonyl (C=O) groups is 1. The van der Waals surface area contributed by atoms with Crippen LogP contribution in [0.5, 0.6) is 0 Å². The van der Waals surface area contributed by atoms with Gasteiger partial charge in [-0.05, 0) is 36.2 Å². The maximum absolute atomic E-state index is 12.0. The third-order valence-corrected chi connectivity index (χ3v) is 3.52. The van der Waals surface area contributed by atoms with Gasteiger partial charge in [-0.3, -0.25) is 9.79 Å². The van der Waals surface area contributed by atoms with E-state index in [4.69, 9.17) is 4.42 Å². The summed E-state index contributed by atoms with van der Waals surface area (Å²) < 4.78 is 5.28. The number of benzene rings is 1. The number of halogens is 1. The summed E-state index contributed by atoms with van der Waals surface area (Å²) in [6, 6.07) is 11.5. The summed E-state index contributed by atoms with van der Waals surface area (Å²) in [5.74, 6) is 1.58. The number of rotatable bonds is 6. The molecule has 1 aromatic carbocycles. The second kappa shape index (κ2) is 10.8. The van der Waals surface area contributed by atoms with E-state index in [1.54, 1.807) is 32.3 Å². The molecule has 0 aliphatic heterocycles. The zero-order valence-electron chi connectivity index (χ0n) is 14.8. The molecule has 2 aromatic rings. The molecular formula is C18H25IN4O2. The van der Waals surface area contributed by atoms with E-state index in [1.165, 1.54) is 0 Å². The maximum Gasteiger partial charge on any atom is 0.253 e. The van der Waals surface area contributed by atoms with E-state index >= 15 is 0 Å². The minimum absolute atomic E-state index is 0. The number of furan rings is 1. The average Bonchev–Trinajstić information content (AvgIpc) is 3.11. The van der Waals surface area contributed by atoms with Crippen molar-refractivity contribution >= 4 is 35.8 Å². The first-order valence-electron chi connectivity index (χ1n) is 7.87.